The molecule has 0 aromatic heterocycles. The first-order chi connectivity index (χ1) is 9.52. The van der Waals surface area contributed by atoms with Crippen molar-refractivity contribution in [1.82, 2.24) is 0 Å². The molecule has 2 aromatic carbocycles. The molecule has 104 valence electrons. The molecule has 0 saturated heterocycles. The number of rotatable bonds is 4. The van der Waals surface area contributed by atoms with Gasteiger partial charge in [0.1, 0.15) is 11.5 Å². The fraction of sp³-hybridized carbons (Fsp3) is 0.235. The Labute approximate surface area is 119 Å². The summed E-state index contributed by atoms with van der Waals surface area (Å²) >= 11 is 0. The van der Waals surface area contributed by atoms with Crippen LogP contribution in [0.15, 0.2) is 42.5 Å². The standard InChI is InChI=1S/C17H18O3/c1-12-5-4-6-15(8-12)19-11-17(18)20-16-9-13(2)7-14(3)10-16/h4-10H,11H2,1-3H3. The number of carbonyl (C=O) groups is 1. The average Bonchev–Trinajstić information content (AvgIpc) is 2.35. The number of aryl methyl sites for hydroxylation is 3. The van der Waals surface area contributed by atoms with E-state index in [1.165, 1.54) is 0 Å². The van der Waals surface area contributed by atoms with Crippen molar-refractivity contribution >= 4 is 5.97 Å². The van der Waals surface area contributed by atoms with Crippen LogP contribution in [-0.4, -0.2) is 12.6 Å². The van der Waals surface area contributed by atoms with Crippen LogP contribution >= 0.6 is 0 Å². The third-order valence-corrected chi connectivity index (χ3v) is 2.77. The Hall–Kier alpha value is -2.29. The zero-order chi connectivity index (χ0) is 14.5. The number of carbonyl (C=O) groups excluding carboxylic acids is 1. The summed E-state index contributed by atoms with van der Waals surface area (Å²) in [6.45, 7) is 5.80. The van der Waals surface area contributed by atoms with E-state index < -0.39 is 5.97 Å². The highest BCUT2D eigenvalue weighted by atomic mass is 16.6. The number of hydrogen-bond acceptors (Lipinski definition) is 3. The Balaban J connectivity index is 1.92. The molecule has 3 heteroatoms. The Morgan fingerprint density at radius 1 is 0.900 bits per heavy atom. The van der Waals surface area contributed by atoms with Crippen molar-refractivity contribution in [3.05, 3.63) is 59.2 Å². The van der Waals surface area contributed by atoms with Crippen molar-refractivity contribution in [2.45, 2.75) is 20.8 Å². The Kier molecular flexibility index (Phi) is 4.41. The lowest BCUT2D eigenvalue weighted by Crippen LogP contribution is -2.17. The van der Waals surface area contributed by atoms with Gasteiger partial charge < -0.3 is 9.47 Å². The second-order valence-corrected chi connectivity index (χ2v) is 4.90. The van der Waals surface area contributed by atoms with E-state index in [1.807, 2.05) is 63.2 Å². The van der Waals surface area contributed by atoms with Crippen molar-refractivity contribution in [1.29, 1.82) is 0 Å². The monoisotopic (exact) mass is 270 g/mol. The largest absolute Gasteiger partial charge is 0.482 e. The smallest absolute Gasteiger partial charge is 0.349 e. The molecule has 0 fully saturated rings. The zero-order valence-corrected chi connectivity index (χ0v) is 12.0. The molecule has 3 nitrogen and oxygen atoms in total. The summed E-state index contributed by atoms with van der Waals surface area (Å²) < 4.78 is 10.7. The fourth-order valence-corrected chi connectivity index (χ4v) is 2.00. The minimum Gasteiger partial charge on any atom is -0.482 e. The summed E-state index contributed by atoms with van der Waals surface area (Å²) in [6, 6.07) is 13.2. The second kappa shape index (κ2) is 6.24. The van der Waals surface area contributed by atoms with E-state index in [0.29, 0.717) is 11.5 Å². The van der Waals surface area contributed by atoms with E-state index in [2.05, 4.69) is 0 Å². The van der Waals surface area contributed by atoms with Crippen LogP contribution in [0.5, 0.6) is 11.5 Å². The van der Waals surface area contributed by atoms with Gasteiger partial charge in [0.2, 0.25) is 0 Å². The summed E-state index contributed by atoms with van der Waals surface area (Å²) in [7, 11) is 0. The molecule has 0 radical (unpaired) electrons. The summed E-state index contributed by atoms with van der Waals surface area (Å²) in [5, 5.41) is 0. The molecular weight excluding hydrogens is 252 g/mol. The SMILES string of the molecule is Cc1cccc(OCC(=O)Oc2cc(C)cc(C)c2)c1. The summed E-state index contributed by atoms with van der Waals surface area (Å²) in [6.07, 6.45) is 0. The highest BCUT2D eigenvalue weighted by Gasteiger charge is 2.07. The summed E-state index contributed by atoms with van der Waals surface area (Å²) in [4.78, 5) is 11.7. The molecule has 0 amide bonds. The molecule has 0 aliphatic heterocycles. The van der Waals surface area contributed by atoms with Gasteiger partial charge in [0.05, 0.1) is 0 Å². The lowest BCUT2D eigenvalue weighted by molar-refractivity contribution is -0.136. The maximum absolute atomic E-state index is 11.7. The first-order valence-corrected chi connectivity index (χ1v) is 6.51. The van der Waals surface area contributed by atoms with Crippen LogP contribution < -0.4 is 9.47 Å². The van der Waals surface area contributed by atoms with Crippen molar-refractivity contribution in [3.8, 4) is 11.5 Å². The lowest BCUT2D eigenvalue weighted by atomic mass is 10.1. The number of ether oxygens (including phenoxy) is 2. The number of hydrogen-bond donors (Lipinski definition) is 0. The lowest BCUT2D eigenvalue weighted by Gasteiger charge is -2.08. The van der Waals surface area contributed by atoms with Crippen LogP contribution in [0.2, 0.25) is 0 Å². The van der Waals surface area contributed by atoms with Gasteiger partial charge in [-0.15, -0.1) is 0 Å². The molecule has 0 aliphatic carbocycles. The van der Waals surface area contributed by atoms with Crippen molar-refractivity contribution in [2.24, 2.45) is 0 Å². The van der Waals surface area contributed by atoms with Gasteiger partial charge >= 0.3 is 5.97 Å². The van der Waals surface area contributed by atoms with Crippen LogP contribution in [0, 0.1) is 20.8 Å². The molecule has 0 N–H and O–H groups in total. The van der Waals surface area contributed by atoms with Gasteiger partial charge in [-0.2, -0.15) is 0 Å². The van der Waals surface area contributed by atoms with Gasteiger partial charge in [-0.1, -0.05) is 18.2 Å². The highest BCUT2D eigenvalue weighted by molar-refractivity contribution is 5.74. The van der Waals surface area contributed by atoms with Crippen molar-refractivity contribution in [3.63, 3.8) is 0 Å². The van der Waals surface area contributed by atoms with Gasteiger partial charge in [0.25, 0.3) is 0 Å². The Morgan fingerprint density at radius 2 is 1.55 bits per heavy atom. The molecule has 0 aliphatic rings. The maximum Gasteiger partial charge on any atom is 0.349 e. The predicted octanol–water partition coefficient (Wildman–Crippen LogP) is 3.60. The topological polar surface area (TPSA) is 35.5 Å². The van der Waals surface area contributed by atoms with Gasteiger partial charge in [-0.05, 0) is 61.7 Å². The fourth-order valence-electron chi connectivity index (χ4n) is 2.00. The van der Waals surface area contributed by atoms with E-state index >= 15 is 0 Å². The Morgan fingerprint density at radius 3 is 2.20 bits per heavy atom. The van der Waals surface area contributed by atoms with Gasteiger partial charge in [0.15, 0.2) is 6.61 Å². The molecule has 0 bridgehead atoms. The molecule has 2 rings (SSSR count). The molecule has 0 unspecified atom stereocenters. The first kappa shape index (κ1) is 14.1. The average molecular weight is 270 g/mol. The molecule has 0 spiro atoms. The molecule has 20 heavy (non-hydrogen) atoms. The van der Waals surface area contributed by atoms with Crippen LogP contribution in [0.3, 0.4) is 0 Å². The van der Waals surface area contributed by atoms with E-state index in [-0.39, 0.29) is 6.61 Å². The summed E-state index contributed by atoms with van der Waals surface area (Å²) in [5.41, 5.74) is 3.21. The summed E-state index contributed by atoms with van der Waals surface area (Å²) in [5.74, 6) is 0.819. The van der Waals surface area contributed by atoms with E-state index in [0.717, 1.165) is 16.7 Å². The van der Waals surface area contributed by atoms with Gasteiger partial charge in [0, 0.05) is 0 Å². The number of esters is 1. The van der Waals surface area contributed by atoms with E-state index in [9.17, 15) is 4.79 Å². The third kappa shape index (κ3) is 4.12. The molecular formula is C17H18O3. The van der Waals surface area contributed by atoms with Crippen LogP contribution in [0.25, 0.3) is 0 Å². The van der Waals surface area contributed by atoms with Crippen LogP contribution in [0.4, 0.5) is 0 Å². The quantitative estimate of drug-likeness (QED) is 0.629. The van der Waals surface area contributed by atoms with E-state index in [4.69, 9.17) is 9.47 Å². The zero-order valence-electron chi connectivity index (χ0n) is 12.0. The van der Waals surface area contributed by atoms with Gasteiger partial charge in [-0.25, -0.2) is 4.79 Å². The minimum atomic E-state index is -0.406. The van der Waals surface area contributed by atoms with Crippen LogP contribution in [0.1, 0.15) is 16.7 Å². The molecule has 2 aromatic rings. The first-order valence-electron chi connectivity index (χ1n) is 6.51. The predicted molar refractivity (Wildman–Crippen MR) is 78.2 cm³/mol. The molecule has 0 atom stereocenters. The van der Waals surface area contributed by atoms with Crippen molar-refractivity contribution < 1.29 is 14.3 Å². The normalized spacial score (nSPS) is 10.2. The number of benzene rings is 2. The molecule has 0 heterocycles. The third-order valence-electron chi connectivity index (χ3n) is 2.77. The molecule has 0 saturated carbocycles. The van der Waals surface area contributed by atoms with E-state index in [1.54, 1.807) is 0 Å². The highest BCUT2D eigenvalue weighted by Crippen LogP contribution is 2.17. The minimum absolute atomic E-state index is 0.101. The maximum atomic E-state index is 11.7. The second-order valence-electron chi connectivity index (χ2n) is 4.90. The van der Waals surface area contributed by atoms with Crippen LogP contribution in [-0.2, 0) is 4.79 Å². The van der Waals surface area contributed by atoms with Crippen molar-refractivity contribution in [2.75, 3.05) is 6.61 Å². The Bertz CT molecular complexity index is 597. The van der Waals surface area contributed by atoms with Gasteiger partial charge in [-0.3, -0.25) is 0 Å².